The van der Waals surface area contributed by atoms with Crippen LogP contribution >= 0.6 is 0 Å². The second-order valence-electron chi connectivity index (χ2n) is 10.2. The minimum Gasteiger partial charge on any atom is -0.356 e. The van der Waals surface area contributed by atoms with Gasteiger partial charge in [0.25, 0.3) is 10.1 Å². The average molecular weight is 545 g/mol. The molecule has 2 aliphatic rings. The van der Waals surface area contributed by atoms with Gasteiger partial charge < -0.3 is 9.88 Å². The molecule has 37 heavy (non-hydrogen) atoms. The quantitative estimate of drug-likeness (QED) is 0.340. The summed E-state index contributed by atoms with van der Waals surface area (Å²) in [6, 6.07) is 14.2. The van der Waals surface area contributed by atoms with Crippen LogP contribution in [0.25, 0.3) is 10.9 Å². The van der Waals surface area contributed by atoms with Gasteiger partial charge in [-0.15, -0.1) is 0 Å². The Morgan fingerprint density at radius 3 is 2.49 bits per heavy atom. The summed E-state index contributed by atoms with van der Waals surface area (Å²) in [7, 11) is -7.34. The number of hydrogen-bond donors (Lipinski definition) is 1. The van der Waals surface area contributed by atoms with Crippen LogP contribution < -0.4 is 0 Å². The normalized spacial score (nSPS) is 22.2. The standard InChI is InChI=1S/C27H32N2O6S2/c1-18-10-12-20(13-11-18)37(33,34)27-19(7-5-6-16-35-36(2,31)32)17-24(30)29-15-14-22-21-8-3-4-9-23(21)28-25(22)26(27)29/h3-4,8-13,19,26-28H,5-7,14-17H2,1-2H3/t19-,26-,27+/m0/s1. The van der Waals surface area contributed by atoms with E-state index in [2.05, 4.69) is 4.98 Å². The monoisotopic (exact) mass is 544 g/mol. The van der Waals surface area contributed by atoms with Gasteiger partial charge in [-0.1, -0.05) is 42.3 Å². The average Bonchev–Trinajstić information content (AvgIpc) is 3.22. The minimum atomic E-state index is -3.81. The largest absolute Gasteiger partial charge is 0.356 e. The molecule has 8 nitrogen and oxygen atoms in total. The van der Waals surface area contributed by atoms with Crippen molar-refractivity contribution in [2.75, 3.05) is 19.4 Å². The lowest BCUT2D eigenvalue weighted by Crippen LogP contribution is -2.55. The predicted octanol–water partition coefficient (Wildman–Crippen LogP) is 3.91. The highest BCUT2D eigenvalue weighted by molar-refractivity contribution is 7.92. The summed E-state index contributed by atoms with van der Waals surface area (Å²) in [5.74, 6) is -0.447. The number of fused-ring (bicyclic) bond motifs is 5. The first kappa shape index (κ1) is 25.9. The number of unbranched alkanes of at least 4 members (excludes halogenated alkanes) is 1. The lowest BCUT2D eigenvalue weighted by Gasteiger charge is -2.47. The molecule has 2 aromatic carbocycles. The van der Waals surface area contributed by atoms with Crippen LogP contribution in [0.3, 0.4) is 0 Å². The number of para-hydroxylation sites is 1. The van der Waals surface area contributed by atoms with E-state index < -0.39 is 37.2 Å². The lowest BCUT2D eigenvalue weighted by atomic mass is 9.81. The Morgan fingerprint density at radius 2 is 1.76 bits per heavy atom. The highest BCUT2D eigenvalue weighted by atomic mass is 32.2. The van der Waals surface area contributed by atoms with Crippen LogP contribution in [0.2, 0.25) is 0 Å². The van der Waals surface area contributed by atoms with Gasteiger partial charge in [0.15, 0.2) is 9.84 Å². The fourth-order valence-corrected chi connectivity index (χ4v) is 8.51. The number of carbonyl (C=O) groups excluding carboxylic acids is 1. The number of hydrogen-bond acceptors (Lipinski definition) is 6. The molecule has 0 aliphatic carbocycles. The number of aryl methyl sites for hydroxylation is 1. The van der Waals surface area contributed by atoms with Gasteiger partial charge in [0.2, 0.25) is 5.91 Å². The molecule has 0 spiro atoms. The van der Waals surface area contributed by atoms with E-state index in [-0.39, 0.29) is 23.8 Å². The van der Waals surface area contributed by atoms with Crippen LogP contribution in [-0.2, 0) is 35.4 Å². The lowest BCUT2D eigenvalue weighted by molar-refractivity contribution is -0.139. The summed E-state index contributed by atoms with van der Waals surface area (Å²) in [5.41, 5.74) is 3.80. The molecular formula is C27H32N2O6S2. The first-order valence-corrected chi connectivity index (χ1v) is 16.0. The van der Waals surface area contributed by atoms with Crippen molar-refractivity contribution in [2.24, 2.45) is 5.92 Å². The van der Waals surface area contributed by atoms with Gasteiger partial charge in [-0.05, 0) is 55.9 Å². The van der Waals surface area contributed by atoms with Crippen LogP contribution in [0.5, 0.6) is 0 Å². The van der Waals surface area contributed by atoms with Gasteiger partial charge in [-0.2, -0.15) is 8.42 Å². The fraction of sp³-hybridized carbons (Fsp3) is 0.444. The molecule has 198 valence electrons. The zero-order valence-electron chi connectivity index (χ0n) is 21.0. The van der Waals surface area contributed by atoms with E-state index in [1.54, 1.807) is 29.2 Å². The SMILES string of the molecule is Cc1ccc(S(=O)(=O)[C@@H]2[C@@H](CCCCOS(C)(=O)=O)CC(=O)N3CCc4c([nH]c5ccccc45)[C@@H]23)cc1. The molecule has 0 saturated carbocycles. The first-order chi connectivity index (χ1) is 17.6. The number of nitrogens with one attached hydrogen (secondary N) is 1. The van der Waals surface area contributed by atoms with E-state index in [9.17, 15) is 21.6 Å². The van der Waals surface area contributed by atoms with Crippen molar-refractivity contribution in [1.29, 1.82) is 0 Å². The third kappa shape index (κ3) is 5.06. The van der Waals surface area contributed by atoms with E-state index >= 15 is 0 Å². The number of amides is 1. The first-order valence-electron chi connectivity index (χ1n) is 12.6. The number of benzene rings is 2. The Labute approximate surface area is 218 Å². The molecule has 3 aromatic rings. The summed E-state index contributed by atoms with van der Waals surface area (Å²) in [5, 5.41) is 0.243. The van der Waals surface area contributed by atoms with Gasteiger partial charge in [-0.3, -0.25) is 8.98 Å². The number of sulfone groups is 1. The Bertz CT molecular complexity index is 1530. The van der Waals surface area contributed by atoms with Crippen LogP contribution in [-0.4, -0.2) is 57.3 Å². The van der Waals surface area contributed by atoms with E-state index in [1.165, 1.54) is 0 Å². The number of aromatic amines is 1. The Morgan fingerprint density at radius 1 is 1.03 bits per heavy atom. The number of H-pyrrole nitrogens is 1. The summed E-state index contributed by atoms with van der Waals surface area (Å²) < 4.78 is 56.0. The summed E-state index contributed by atoms with van der Waals surface area (Å²) >= 11 is 0. The van der Waals surface area contributed by atoms with Gasteiger partial charge in [0.1, 0.15) is 0 Å². The molecule has 1 N–H and O–H groups in total. The van der Waals surface area contributed by atoms with E-state index in [0.29, 0.717) is 32.2 Å². The van der Waals surface area contributed by atoms with E-state index in [4.69, 9.17) is 4.18 Å². The number of carbonyl (C=O) groups is 1. The van der Waals surface area contributed by atoms with Gasteiger partial charge in [0.05, 0.1) is 29.0 Å². The van der Waals surface area contributed by atoms with Crippen LogP contribution in [0.1, 0.15) is 48.5 Å². The molecule has 0 bridgehead atoms. The number of aromatic nitrogens is 1. The summed E-state index contributed by atoms with van der Waals surface area (Å²) in [6.07, 6.45) is 3.32. The zero-order valence-corrected chi connectivity index (χ0v) is 22.6. The smallest absolute Gasteiger partial charge is 0.264 e. The fourth-order valence-electron chi connectivity index (χ4n) is 5.90. The highest BCUT2D eigenvalue weighted by Crippen LogP contribution is 2.47. The van der Waals surface area contributed by atoms with Gasteiger partial charge in [-0.25, -0.2) is 8.42 Å². The number of piperidine rings is 1. The van der Waals surface area contributed by atoms with E-state index in [0.717, 1.165) is 34.0 Å². The van der Waals surface area contributed by atoms with Crippen LogP contribution in [0, 0.1) is 12.8 Å². The maximum Gasteiger partial charge on any atom is 0.264 e. The Kier molecular flexibility index (Phi) is 6.93. The third-order valence-electron chi connectivity index (χ3n) is 7.59. The van der Waals surface area contributed by atoms with Crippen molar-refractivity contribution >= 4 is 36.8 Å². The molecule has 1 fully saturated rings. The van der Waals surface area contributed by atoms with E-state index in [1.807, 2.05) is 31.2 Å². The molecule has 0 unspecified atom stereocenters. The number of nitrogens with zero attached hydrogens (tertiary/aromatic N) is 1. The third-order valence-corrected chi connectivity index (χ3v) is 10.5. The van der Waals surface area contributed by atoms with Gasteiger partial charge in [0, 0.05) is 29.6 Å². The van der Waals surface area contributed by atoms with Crippen LogP contribution in [0.15, 0.2) is 53.4 Å². The molecule has 5 rings (SSSR count). The summed E-state index contributed by atoms with van der Waals surface area (Å²) in [6.45, 7) is 2.43. The molecule has 0 radical (unpaired) electrons. The molecule has 1 saturated heterocycles. The second kappa shape index (κ2) is 9.89. The number of rotatable bonds is 8. The molecule has 3 heterocycles. The molecule has 1 amide bonds. The van der Waals surface area contributed by atoms with Crippen molar-refractivity contribution in [3.8, 4) is 0 Å². The zero-order chi connectivity index (χ0) is 26.4. The Balaban J connectivity index is 1.55. The van der Waals surface area contributed by atoms with Crippen LogP contribution in [0.4, 0.5) is 0 Å². The van der Waals surface area contributed by atoms with Crippen molar-refractivity contribution in [3.63, 3.8) is 0 Å². The van der Waals surface area contributed by atoms with Crippen molar-refractivity contribution < 1.29 is 25.8 Å². The topological polar surface area (TPSA) is 114 Å². The maximum absolute atomic E-state index is 14.3. The van der Waals surface area contributed by atoms with Crippen molar-refractivity contribution in [2.45, 2.75) is 55.2 Å². The molecule has 3 atom stereocenters. The molecule has 2 aliphatic heterocycles. The Hall–Kier alpha value is -2.69. The summed E-state index contributed by atoms with van der Waals surface area (Å²) in [4.78, 5) is 18.8. The molecular weight excluding hydrogens is 512 g/mol. The highest BCUT2D eigenvalue weighted by Gasteiger charge is 2.51. The maximum atomic E-state index is 14.3. The minimum absolute atomic E-state index is 0.0383. The predicted molar refractivity (Wildman–Crippen MR) is 141 cm³/mol. The van der Waals surface area contributed by atoms with Gasteiger partial charge >= 0.3 is 0 Å². The van der Waals surface area contributed by atoms with Crippen molar-refractivity contribution in [3.05, 3.63) is 65.4 Å². The van der Waals surface area contributed by atoms with Crippen molar-refractivity contribution in [1.82, 2.24) is 9.88 Å². The second-order valence-corrected chi connectivity index (χ2v) is 13.9. The molecule has 10 heteroatoms. The molecule has 1 aromatic heterocycles.